The number of aromatic nitrogens is 2. The molecule has 0 spiro atoms. The van der Waals surface area contributed by atoms with Crippen molar-refractivity contribution in [1.82, 2.24) is 20.4 Å². The highest BCUT2D eigenvalue weighted by Gasteiger charge is 2.22. The molecule has 148 valence electrons. The van der Waals surface area contributed by atoms with Gasteiger partial charge in [-0.05, 0) is 29.1 Å². The Morgan fingerprint density at radius 1 is 1.25 bits per heavy atom. The summed E-state index contributed by atoms with van der Waals surface area (Å²) in [6.07, 6.45) is 1.92. The largest absolute Gasteiger partial charge is 0.497 e. The molecule has 3 aromatic rings. The van der Waals surface area contributed by atoms with E-state index < -0.39 is 0 Å². The number of methoxy groups -OCH3 is 1. The van der Waals surface area contributed by atoms with Gasteiger partial charge in [-0.2, -0.15) is 5.10 Å². The van der Waals surface area contributed by atoms with Gasteiger partial charge < -0.3 is 14.8 Å². The Morgan fingerprint density at radius 2 is 2.07 bits per heavy atom. The van der Waals surface area contributed by atoms with E-state index in [0.717, 1.165) is 50.8 Å². The molecule has 0 radical (unpaired) electrons. The van der Waals surface area contributed by atoms with Crippen molar-refractivity contribution < 1.29 is 9.47 Å². The van der Waals surface area contributed by atoms with Crippen LogP contribution in [0.2, 0.25) is 0 Å². The Bertz CT molecular complexity index is 842. The van der Waals surface area contributed by atoms with Gasteiger partial charge in [0.25, 0.3) is 0 Å². The molecule has 4 rings (SSSR count). The summed E-state index contributed by atoms with van der Waals surface area (Å²) in [5.41, 5.74) is 3.59. The number of benzene rings is 1. The molecule has 1 aliphatic heterocycles. The van der Waals surface area contributed by atoms with Gasteiger partial charge in [-0.15, -0.1) is 11.3 Å². The lowest BCUT2D eigenvalue weighted by Crippen LogP contribution is -2.42. The molecular weight excluding hydrogens is 372 g/mol. The van der Waals surface area contributed by atoms with Crippen molar-refractivity contribution in [1.29, 1.82) is 0 Å². The van der Waals surface area contributed by atoms with E-state index in [0.29, 0.717) is 6.04 Å². The number of thiophene rings is 1. The van der Waals surface area contributed by atoms with Crippen LogP contribution in [0.3, 0.4) is 0 Å². The molecule has 0 aliphatic carbocycles. The standard InChI is InChI=1S/C21H26N4O2S/c1-26-18-6-4-16(5-7-18)19(25-8-10-27-11-9-25)15-22-13-17-14-23-24-21(17)20-3-2-12-28-20/h2-7,12,14,19,22H,8-11,13,15H2,1H3,(H,23,24)/t19-/m1/s1. The van der Waals surface area contributed by atoms with Crippen LogP contribution in [0.5, 0.6) is 5.75 Å². The molecule has 1 saturated heterocycles. The molecule has 2 N–H and O–H groups in total. The summed E-state index contributed by atoms with van der Waals surface area (Å²) < 4.78 is 10.9. The third-order valence-electron chi connectivity index (χ3n) is 5.13. The quantitative estimate of drug-likeness (QED) is 0.610. The first-order chi connectivity index (χ1) is 13.8. The molecular formula is C21H26N4O2S. The van der Waals surface area contributed by atoms with Crippen molar-refractivity contribution in [2.24, 2.45) is 0 Å². The molecule has 7 heteroatoms. The lowest BCUT2D eigenvalue weighted by atomic mass is 10.0. The Hall–Kier alpha value is -2.19. The van der Waals surface area contributed by atoms with Crippen LogP contribution >= 0.6 is 11.3 Å². The van der Waals surface area contributed by atoms with Gasteiger partial charge in [0.1, 0.15) is 5.75 Å². The summed E-state index contributed by atoms with van der Waals surface area (Å²) in [5.74, 6) is 0.886. The van der Waals surface area contributed by atoms with Gasteiger partial charge in [0, 0.05) is 37.8 Å². The summed E-state index contributed by atoms with van der Waals surface area (Å²) in [6, 6.07) is 12.9. The molecule has 0 bridgehead atoms. The molecule has 3 heterocycles. The molecule has 0 unspecified atom stereocenters. The Morgan fingerprint density at radius 3 is 2.79 bits per heavy atom. The summed E-state index contributed by atoms with van der Waals surface area (Å²) in [7, 11) is 1.70. The number of aromatic amines is 1. The molecule has 2 aromatic heterocycles. The van der Waals surface area contributed by atoms with E-state index in [4.69, 9.17) is 9.47 Å². The van der Waals surface area contributed by atoms with Crippen molar-refractivity contribution in [3.63, 3.8) is 0 Å². The van der Waals surface area contributed by atoms with Gasteiger partial charge in [0.2, 0.25) is 0 Å². The van der Waals surface area contributed by atoms with Crippen molar-refractivity contribution in [2.45, 2.75) is 12.6 Å². The first-order valence-corrected chi connectivity index (χ1v) is 10.5. The number of morpholine rings is 1. The van der Waals surface area contributed by atoms with Crippen LogP contribution in [0, 0.1) is 0 Å². The van der Waals surface area contributed by atoms with E-state index in [9.17, 15) is 0 Å². The summed E-state index contributed by atoms with van der Waals surface area (Å²) in [5, 5.41) is 13.1. The molecule has 28 heavy (non-hydrogen) atoms. The fraction of sp³-hybridized carbons (Fsp3) is 0.381. The van der Waals surface area contributed by atoms with Gasteiger partial charge in [-0.3, -0.25) is 10.00 Å². The lowest BCUT2D eigenvalue weighted by Gasteiger charge is -2.35. The predicted octanol–water partition coefficient (Wildman–Crippen LogP) is 3.31. The molecule has 1 fully saturated rings. The van der Waals surface area contributed by atoms with Crippen LogP contribution in [0.1, 0.15) is 17.2 Å². The van der Waals surface area contributed by atoms with Crippen LogP contribution in [-0.4, -0.2) is 55.1 Å². The summed E-state index contributed by atoms with van der Waals surface area (Å²) in [6.45, 7) is 5.12. The maximum atomic E-state index is 5.55. The molecule has 1 atom stereocenters. The smallest absolute Gasteiger partial charge is 0.118 e. The Labute approximate surface area is 169 Å². The monoisotopic (exact) mass is 398 g/mol. The van der Waals surface area contributed by atoms with Gasteiger partial charge in [-0.25, -0.2) is 0 Å². The highest BCUT2D eigenvalue weighted by atomic mass is 32.1. The minimum Gasteiger partial charge on any atom is -0.497 e. The van der Waals surface area contributed by atoms with Crippen molar-refractivity contribution in [3.8, 4) is 16.3 Å². The zero-order chi connectivity index (χ0) is 19.2. The normalized spacial score (nSPS) is 16.2. The van der Waals surface area contributed by atoms with Gasteiger partial charge in [0.05, 0.1) is 37.1 Å². The van der Waals surface area contributed by atoms with Crippen LogP contribution in [-0.2, 0) is 11.3 Å². The van der Waals surface area contributed by atoms with Gasteiger partial charge >= 0.3 is 0 Å². The molecule has 6 nitrogen and oxygen atoms in total. The highest BCUT2D eigenvalue weighted by Crippen LogP contribution is 2.27. The number of hydrogen-bond acceptors (Lipinski definition) is 6. The second-order valence-electron chi connectivity index (χ2n) is 6.82. The average molecular weight is 399 g/mol. The SMILES string of the molecule is COc1ccc([C@@H](CNCc2cn[nH]c2-c2cccs2)N2CCOCC2)cc1. The molecule has 1 aliphatic rings. The molecule has 0 saturated carbocycles. The highest BCUT2D eigenvalue weighted by molar-refractivity contribution is 7.13. The minimum absolute atomic E-state index is 0.298. The number of ether oxygens (including phenoxy) is 2. The van der Waals surface area contributed by atoms with Crippen molar-refractivity contribution in [2.75, 3.05) is 40.0 Å². The van der Waals surface area contributed by atoms with Crippen LogP contribution in [0.25, 0.3) is 10.6 Å². The number of nitrogens with one attached hydrogen (secondary N) is 2. The number of H-pyrrole nitrogens is 1. The minimum atomic E-state index is 0.298. The summed E-state index contributed by atoms with van der Waals surface area (Å²) >= 11 is 1.72. The topological polar surface area (TPSA) is 62.4 Å². The van der Waals surface area contributed by atoms with E-state index in [2.05, 4.69) is 50.1 Å². The van der Waals surface area contributed by atoms with Crippen LogP contribution < -0.4 is 10.1 Å². The third-order valence-corrected chi connectivity index (χ3v) is 6.01. The Balaban J connectivity index is 1.44. The second-order valence-corrected chi connectivity index (χ2v) is 7.76. The van der Waals surface area contributed by atoms with E-state index in [1.54, 1.807) is 18.4 Å². The first kappa shape index (κ1) is 19.1. The number of hydrogen-bond donors (Lipinski definition) is 2. The van der Waals surface area contributed by atoms with Crippen LogP contribution in [0.15, 0.2) is 48.0 Å². The molecule has 0 amide bonds. The van der Waals surface area contributed by atoms with Crippen LogP contribution in [0.4, 0.5) is 0 Å². The van der Waals surface area contributed by atoms with E-state index in [1.165, 1.54) is 16.0 Å². The maximum absolute atomic E-state index is 5.55. The summed E-state index contributed by atoms with van der Waals surface area (Å²) in [4.78, 5) is 3.71. The Kier molecular flexibility index (Phi) is 6.38. The average Bonchev–Trinajstić information content (AvgIpc) is 3.44. The zero-order valence-electron chi connectivity index (χ0n) is 16.1. The number of nitrogens with zero attached hydrogens (tertiary/aromatic N) is 2. The fourth-order valence-electron chi connectivity index (χ4n) is 3.60. The number of rotatable bonds is 8. The predicted molar refractivity (Wildman–Crippen MR) is 112 cm³/mol. The van der Waals surface area contributed by atoms with Gasteiger partial charge in [0.15, 0.2) is 0 Å². The van der Waals surface area contributed by atoms with Crippen molar-refractivity contribution >= 4 is 11.3 Å². The lowest BCUT2D eigenvalue weighted by molar-refractivity contribution is 0.0161. The first-order valence-electron chi connectivity index (χ1n) is 9.57. The van der Waals surface area contributed by atoms with E-state index in [1.807, 2.05) is 18.3 Å². The van der Waals surface area contributed by atoms with Gasteiger partial charge in [-0.1, -0.05) is 18.2 Å². The maximum Gasteiger partial charge on any atom is 0.118 e. The third kappa shape index (κ3) is 4.44. The zero-order valence-corrected chi connectivity index (χ0v) is 16.9. The fourth-order valence-corrected chi connectivity index (χ4v) is 4.35. The van der Waals surface area contributed by atoms with Crippen molar-refractivity contribution in [3.05, 3.63) is 59.1 Å². The van der Waals surface area contributed by atoms with E-state index >= 15 is 0 Å². The second kappa shape index (κ2) is 9.34. The molecule has 1 aromatic carbocycles. The van der Waals surface area contributed by atoms with E-state index in [-0.39, 0.29) is 0 Å².